The number of likely N-dealkylation sites (N-methyl/N-ethyl adjacent to an activating group) is 1. The van der Waals surface area contributed by atoms with Crippen LogP contribution in [0.3, 0.4) is 0 Å². The second kappa shape index (κ2) is 6.08. The third-order valence-electron chi connectivity index (χ3n) is 2.96. The highest BCUT2D eigenvalue weighted by atomic mass is 16.5. The molecule has 2 unspecified atom stereocenters. The van der Waals surface area contributed by atoms with Crippen molar-refractivity contribution in [2.45, 2.75) is 38.3 Å². The first-order valence-electron chi connectivity index (χ1n) is 5.66. The zero-order valence-corrected chi connectivity index (χ0v) is 9.95. The monoisotopic (exact) mass is 214 g/mol. The van der Waals surface area contributed by atoms with Crippen LogP contribution in [-0.4, -0.2) is 50.2 Å². The minimum absolute atomic E-state index is 0.257. The van der Waals surface area contributed by atoms with Gasteiger partial charge in [0.05, 0.1) is 6.61 Å². The average molecular weight is 214 g/mol. The van der Waals surface area contributed by atoms with Gasteiger partial charge in [-0.25, -0.2) is 0 Å². The number of methoxy groups -OCH3 is 1. The Morgan fingerprint density at radius 3 is 2.93 bits per heavy atom. The number of nitrogens with one attached hydrogen (secondary N) is 1. The normalized spacial score (nSPS) is 24.3. The Labute approximate surface area is 92.0 Å². The number of amides is 1. The molecule has 0 aromatic heterocycles. The summed E-state index contributed by atoms with van der Waals surface area (Å²) in [4.78, 5) is 13.1. The van der Waals surface area contributed by atoms with Gasteiger partial charge in [0.2, 0.25) is 5.91 Å². The molecule has 4 heteroatoms. The molecular formula is C11H22N2O2. The van der Waals surface area contributed by atoms with Gasteiger partial charge in [-0.05, 0) is 12.8 Å². The zero-order valence-electron chi connectivity index (χ0n) is 9.95. The van der Waals surface area contributed by atoms with Crippen molar-refractivity contribution in [2.75, 3.05) is 27.3 Å². The maximum Gasteiger partial charge on any atom is 0.222 e. The summed E-state index contributed by atoms with van der Waals surface area (Å²) in [6.45, 7) is 3.71. The van der Waals surface area contributed by atoms with E-state index in [0.717, 1.165) is 26.0 Å². The summed E-state index contributed by atoms with van der Waals surface area (Å²) in [5, 5.41) is 3.54. The molecule has 0 aliphatic carbocycles. The van der Waals surface area contributed by atoms with Gasteiger partial charge in [0, 0.05) is 39.2 Å². The number of piperidine rings is 1. The Morgan fingerprint density at radius 1 is 1.67 bits per heavy atom. The molecule has 1 heterocycles. The minimum atomic E-state index is 0.257. The lowest BCUT2D eigenvalue weighted by atomic mass is 10.0. The molecule has 0 spiro atoms. The molecule has 4 nitrogen and oxygen atoms in total. The van der Waals surface area contributed by atoms with Crippen LogP contribution in [0, 0.1) is 0 Å². The molecule has 1 saturated heterocycles. The highest BCUT2D eigenvalue weighted by molar-refractivity contribution is 5.76. The second-order valence-corrected chi connectivity index (χ2v) is 4.24. The summed E-state index contributed by atoms with van der Waals surface area (Å²) in [6.07, 6.45) is 2.67. The Hall–Kier alpha value is -0.610. The van der Waals surface area contributed by atoms with Crippen molar-refractivity contribution in [3.8, 4) is 0 Å². The molecule has 1 fully saturated rings. The van der Waals surface area contributed by atoms with E-state index in [0.29, 0.717) is 18.5 Å². The van der Waals surface area contributed by atoms with Crippen LogP contribution in [0.25, 0.3) is 0 Å². The largest absolute Gasteiger partial charge is 0.383 e. The summed E-state index contributed by atoms with van der Waals surface area (Å²) >= 11 is 0. The van der Waals surface area contributed by atoms with Gasteiger partial charge in [-0.2, -0.15) is 0 Å². The van der Waals surface area contributed by atoms with Crippen molar-refractivity contribution in [2.24, 2.45) is 0 Å². The van der Waals surface area contributed by atoms with Gasteiger partial charge in [-0.15, -0.1) is 0 Å². The lowest BCUT2D eigenvalue weighted by molar-refractivity contribution is -0.132. The Kier molecular flexibility index (Phi) is 5.05. The van der Waals surface area contributed by atoms with Gasteiger partial charge in [-0.1, -0.05) is 6.92 Å². The number of hydrogen-bond acceptors (Lipinski definition) is 3. The predicted molar refractivity (Wildman–Crippen MR) is 59.7 cm³/mol. The molecule has 0 aromatic carbocycles. The first-order valence-corrected chi connectivity index (χ1v) is 5.66. The van der Waals surface area contributed by atoms with E-state index in [4.69, 9.17) is 4.74 Å². The Balaban J connectivity index is 2.34. The van der Waals surface area contributed by atoms with E-state index in [9.17, 15) is 4.79 Å². The third kappa shape index (κ3) is 3.80. The number of likely N-dealkylation sites (tertiary alicyclic amines) is 1. The van der Waals surface area contributed by atoms with E-state index >= 15 is 0 Å². The van der Waals surface area contributed by atoms with Gasteiger partial charge < -0.3 is 15.0 Å². The number of hydrogen-bond donors (Lipinski definition) is 1. The topological polar surface area (TPSA) is 41.6 Å². The molecule has 0 aromatic rings. The summed E-state index contributed by atoms with van der Waals surface area (Å²) in [6, 6.07) is 0.828. The Morgan fingerprint density at radius 2 is 2.40 bits per heavy atom. The quantitative estimate of drug-likeness (QED) is 0.729. The van der Waals surface area contributed by atoms with Crippen molar-refractivity contribution in [1.29, 1.82) is 0 Å². The van der Waals surface area contributed by atoms with Gasteiger partial charge in [0.15, 0.2) is 0 Å². The van der Waals surface area contributed by atoms with Gasteiger partial charge >= 0.3 is 0 Å². The molecule has 1 N–H and O–H groups in total. The van der Waals surface area contributed by atoms with Crippen molar-refractivity contribution in [1.82, 2.24) is 10.2 Å². The van der Waals surface area contributed by atoms with E-state index in [2.05, 4.69) is 12.2 Å². The van der Waals surface area contributed by atoms with Gasteiger partial charge in [0.1, 0.15) is 0 Å². The van der Waals surface area contributed by atoms with E-state index < -0.39 is 0 Å². The molecule has 0 radical (unpaired) electrons. The molecule has 0 bridgehead atoms. The van der Waals surface area contributed by atoms with Crippen LogP contribution in [0.5, 0.6) is 0 Å². The van der Waals surface area contributed by atoms with E-state index in [1.54, 1.807) is 12.0 Å². The lowest BCUT2D eigenvalue weighted by Gasteiger charge is -2.32. The van der Waals surface area contributed by atoms with Crippen LogP contribution in [-0.2, 0) is 9.53 Å². The van der Waals surface area contributed by atoms with E-state index in [1.807, 2.05) is 7.05 Å². The van der Waals surface area contributed by atoms with Crippen LogP contribution < -0.4 is 5.32 Å². The average Bonchev–Trinajstić information content (AvgIpc) is 2.23. The second-order valence-electron chi connectivity index (χ2n) is 4.24. The molecule has 1 aliphatic heterocycles. The number of nitrogens with zero attached hydrogens (tertiary/aromatic N) is 1. The molecule has 15 heavy (non-hydrogen) atoms. The van der Waals surface area contributed by atoms with Crippen molar-refractivity contribution < 1.29 is 9.53 Å². The first-order chi connectivity index (χ1) is 7.17. The third-order valence-corrected chi connectivity index (χ3v) is 2.96. The highest BCUT2D eigenvalue weighted by Gasteiger charge is 2.24. The van der Waals surface area contributed by atoms with Crippen LogP contribution in [0.15, 0.2) is 0 Å². The maximum absolute atomic E-state index is 11.3. The van der Waals surface area contributed by atoms with Crippen LogP contribution in [0.4, 0.5) is 0 Å². The number of carbonyl (C=O) groups excluding carboxylic acids is 1. The summed E-state index contributed by atoms with van der Waals surface area (Å²) < 4.78 is 5.14. The number of carbonyl (C=O) groups is 1. The van der Waals surface area contributed by atoms with Crippen molar-refractivity contribution in [3.63, 3.8) is 0 Å². The van der Waals surface area contributed by atoms with E-state index in [1.165, 1.54) is 0 Å². The highest BCUT2D eigenvalue weighted by Crippen LogP contribution is 2.10. The molecule has 88 valence electrons. The fourth-order valence-electron chi connectivity index (χ4n) is 1.97. The molecule has 1 rings (SSSR count). The predicted octanol–water partition coefficient (Wildman–Crippen LogP) is 0.622. The first kappa shape index (κ1) is 12.5. The van der Waals surface area contributed by atoms with Crippen molar-refractivity contribution in [3.05, 3.63) is 0 Å². The number of ether oxygens (including phenoxy) is 1. The van der Waals surface area contributed by atoms with Crippen LogP contribution >= 0.6 is 0 Å². The summed E-state index contributed by atoms with van der Waals surface area (Å²) in [5.41, 5.74) is 0. The summed E-state index contributed by atoms with van der Waals surface area (Å²) in [5.74, 6) is 0.257. The van der Waals surface area contributed by atoms with Gasteiger partial charge in [-0.3, -0.25) is 4.79 Å². The van der Waals surface area contributed by atoms with Crippen LogP contribution in [0.1, 0.15) is 26.2 Å². The van der Waals surface area contributed by atoms with Crippen molar-refractivity contribution >= 4 is 5.91 Å². The van der Waals surface area contributed by atoms with Gasteiger partial charge in [0.25, 0.3) is 0 Å². The zero-order chi connectivity index (χ0) is 11.3. The Bertz CT molecular complexity index is 209. The fourth-order valence-corrected chi connectivity index (χ4v) is 1.97. The van der Waals surface area contributed by atoms with Crippen LogP contribution in [0.2, 0.25) is 0 Å². The maximum atomic E-state index is 11.3. The summed E-state index contributed by atoms with van der Waals surface area (Å²) in [7, 11) is 3.59. The fraction of sp³-hybridized carbons (Fsp3) is 0.909. The molecule has 1 amide bonds. The molecule has 0 saturated carbocycles. The SMILES string of the molecule is CCC(COC)NC1CCC(=O)N(C)C1. The minimum Gasteiger partial charge on any atom is -0.383 e. The smallest absolute Gasteiger partial charge is 0.222 e. The molecule has 2 atom stereocenters. The lowest BCUT2D eigenvalue weighted by Crippen LogP contribution is -2.50. The molecular weight excluding hydrogens is 192 g/mol. The molecule has 1 aliphatic rings. The number of rotatable bonds is 5. The standard InChI is InChI=1S/C11H22N2O2/c1-4-9(8-15-3)12-10-5-6-11(14)13(2)7-10/h9-10,12H,4-8H2,1-3H3. The van der Waals surface area contributed by atoms with E-state index in [-0.39, 0.29) is 5.91 Å².